The molecule has 0 spiro atoms. The summed E-state index contributed by atoms with van der Waals surface area (Å²) in [7, 11) is 0.999. The van der Waals surface area contributed by atoms with Gasteiger partial charge >= 0.3 is 0 Å². The molecule has 1 aromatic carbocycles. The minimum Gasteiger partial charge on any atom is -0.493 e. The molecule has 2 amide bonds. The van der Waals surface area contributed by atoms with Gasteiger partial charge in [0.1, 0.15) is 11.6 Å². The molecule has 1 unspecified atom stereocenters. The zero-order chi connectivity index (χ0) is 20.9. The number of nitrogens with zero attached hydrogens (tertiary/aromatic N) is 1. The molecule has 7 nitrogen and oxygen atoms in total. The SMILES string of the molecule is COc1ccc2c(c1OC)C(=O)N1CC(O[Si](C)(C)C(C)(C)C)C[C@H]1C(=O)N2. The lowest BCUT2D eigenvalue weighted by atomic mass is 10.1. The number of rotatable bonds is 4. The van der Waals surface area contributed by atoms with E-state index in [4.69, 9.17) is 13.9 Å². The van der Waals surface area contributed by atoms with Gasteiger partial charge in [0, 0.05) is 13.0 Å². The van der Waals surface area contributed by atoms with Crippen LogP contribution in [-0.2, 0) is 9.22 Å². The molecular weight excluding hydrogens is 376 g/mol. The van der Waals surface area contributed by atoms with Crippen molar-refractivity contribution in [3.8, 4) is 11.5 Å². The van der Waals surface area contributed by atoms with E-state index in [1.54, 1.807) is 17.0 Å². The van der Waals surface area contributed by atoms with Crippen molar-refractivity contribution in [3.05, 3.63) is 17.7 Å². The van der Waals surface area contributed by atoms with E-state index in [1.165, 1.54) is 14.2 Å². The van der Waals surface area contributed by atoms with Crippen LogP contribution >= 0.6 is 0 Å². The quantitative estimate of drug-likeness (QED) is 0.777. The average Bonchev–Trinajstić information content (AvgIpc) is 2.99. The van der Waals surface area contributed by atoms with Gasteiger partial charge in [0.25, 0.3) is 5.91 Å². The molecule has 0 aromatic heterocycles. The molecule has 1 fully saturated rings. The summed E-state index contributed by atoms with van der Waals surface area (Å²) in [4.78, 5) is 27.8. The van der Waals surface area contributed by atoms with E-state index in [9.17, 15) is 9.59 Å². The van der Waals surface area contributed by atoms with Crippen molar-refractivity contribution in [2.45, 2.75) is 57.5 Å². The van der Waals surface area contributed by atoms with E-state index < -0.39 is 14.4 Å². The van der Waals surface area contributed by atoms with Crippen LogP contribution < -0.4 is 14.8 Å². The third-order valence-electron chi connectivity index (χ3n) is 6.11. The first-order valence-corrected chi connectivity index (χ1v) is 12.5. The highest BCUT2D eigenvalue weighted by Crippen LogP contribution is 2.42. The number of carbonyl (C=O) groups excluding carboxylic acids is 2. The smallest absolute Gasteiger partial charge is 0.260 e. The molecule has 28 heavy (non-hydrogen) atoms. The lowest BCUT2D eigenvalue weighted by Crippen LogP contribution is -2.44. The van der Waals surface area contributed by atoms with Gasteiger partial charge in [-0.05, 0) is 30.3 Å². The summed E-state index contributed by atoms with van der Waals surface area (Å²) >= 11 is 0. The molecule has 0 saturated carbocycles. The van der Waals surface area contributed by atoms with Crippen molar-refractivity contribution in [2.24, 2.45) is 0 Å². The average molecular weight is 407 g/mol. The van der Waals surface area contributed by atoms with Crippen molar-refractivity contribution in [3.63, 3.8) is 0 Å². The Morgan fingerprint density at radius 3 is 2.39 bits per heavy atom. The molecule has 1 aromatic rings. The molecule has 8 heteroatoms. The summed E-state index contributed by atoms with van der Waals surface area (Å²) < 4.78 is 17.3. The number of carbonyl (C=O) groups is 2. The van der Waals surface area contributed by atoms with Gasteiger partial charge in [-0.2, -0.15) is 0 Å². The van der Waals surface area contributed by atoms with Gasteiger partial charge in [-0.15, -0.1) is 0 Å². The Bertz CT molecular complexity index is 803. The van der Waals surface area contributed by atoms with Crippen molar-refractivity contribution in [1.82, 2.24) is 4.90 Å². The summed E-state index contributed by atoms with van der Waals surface area (Å²) in [6, 6.07) is 2.81. The standard InChI is InChI=1S/C20H30N2O5Si/c1-20(2,3)28(6,7)27-12-10-14-18(23)21-13-8-9-15(25-4)17(26-5)16(13)19(24)22(14)11-12/h8-9,12,14H,10-11H2,1-7H3,(H,21,23)/t12?,14-/m0/s1. The fraction of sp³-hybridized carbons (Fsp3) is 0.600. The van der Waals surface area contributed by atoms with Crippen LogP contribution in [0.5, 0.6) is 11.5 Å². The normalized spacial score (nSPS) is 22.3. The maximum absolute atomic E-state index is 13.4. The molecule has 0 radical (unpaired) electrons. The topological polar surface area (TPSA) is 77.1 Å². The van der Waals surface area contributed by atoms with E-state index in [-0.39, 0.29) is 23.0 Å². The van der Waals surface area contributed by atoms with Crippen LogP contribution in [0.4, 0.5) is 5.69 Å². The highest BCUT2D eigenvalue weighted by Gasteiger charge is 2.47. The number of amides is 2. The summed E-state index contributed by atoms with van der Waals surface area (Å²) in [5.41, 5.74) is 0.773. The Morgan fingerprint density at radius 1 is 1.14 bits per heavy atom. The Kier molecular flexibility index (Phi) is 5.22. The van der Waals surface area contributed by atoms with Crippen LogP contribution in [0.25, 0.3) is 0 Å². The van der Waals surface area contributed by atoms with Crippen LogP contribution in [0.15, 0.2) is 12.1 Å². The molecule has 1 saturated heterocycles. The van der Waals surface area contributed by atoms with Crippen LogP contribution in [0.1, 0.15) is 37.6 Å². The first-order valence-electron chi connectivity index (χ1n) is 9.54. The summed E-state index contributed by atoms with van der Waals surface area (Å²) in [5.74, 6) is 0.353. The molecule has 0 aliphatic carbocycles. The maximum atomic E-state index is 13.4. The molecular formula is C20H30N2O5Si. The van der Waals surface area contributed by atoms with Gasteiger partial charge in [-0.25, -0.2) is 0 Å². The Hall–Kier alpha value is -2.06. The third-order valence-corrected chi connectivity index (χ3v) is 10.6. The lowest BCUT2D eigenvalue weighted by Gasteiger charge is -2.38. The van der Waals surface area contributed by atoms with Gasteiger partial charge in [-0.1, -0.05) is 20.8 Å². The van der Waals surface area contributed by atoms with Gasteiger partial charge in [0.15, 0.2) is 19.8 Å². The summed E-state index contributed by atoms with van der Waals surface area (Å²) in [6.07, 6.45) is 0.344. The molecule has 2 heterocycles. The van der Waals surface area contributed by atoms with Crippen molar-refractivity contribution < 1.29 is 23.5 Å². The number of methoxy groups -OCH3 is 2. The molecule has 2 aliphatic heterocycles. The summed E-state index contributed by atoms with van der Waals surface area (Å²) in [5, 5.41) is 2.94. The summed E-state index contributed by atoms with van der Waals surface area (Å²) in [6.45, 7) is 11.3. The minimum atomic E-state index is -2.01. The van der Waals surface area contributed by atoms with E-state index in [1.807, 2.05) is 0 Å². The van der Waals surface area contributed by atoms with Crippen LogP contribution in [0, 0.1) is 0 Å². The number of fused-ring (bicyclic) bond motifs is 2. The predicted octanol–water partition coefficient (Wildman–Crippen LogP) is 3.26. The second-order valence-electron chi connectivity index (χ2n) is 8.92. The van der Waals surface area contributed by atoms with Crippen LogP contribution in [0.3, 0.4) is 0 Å². The highest BCUT2D eigenvalue weighted by atomic mass is 28.4. The number of nitrogens with one attached hydrogen (secondary N) is 1. The van der Waals surface area contributed by atoms with E-state index in [2.05, 4.69) is 39.2 Å². The number of anilines is 1. The van der Waals surface area contributed by atoms with E-state index >= 15 is 0 Å². The van der Waals surface area contributed by atoms with Crippen molar-refractivity contribution >= 4 is 25.8 Å². The van der Waals surface area contributed by atoms with Gasteiger partial charge in [-0.3, -0.25) is 9.59 Å². The molecule has 154 valence electrons. The number of hydrogen-bond acceptors (Lipinski definition) is 5. The first kappa shape index (κ1) is 20.7. The molecule has 2 aliphatic rings. The minimum absolute atomic E-state index is 0.0580. The monoisotopic (exact) mass is 406 g/mol. The zero-order valence-corrected chi connectivity index (χ0v) is 18.7. The second kappa shape index (κ2) is 7.08. The zero-order valence-electron chi connectivity index (χ0n) is 17.7. The number of benzene rings is 1. The molecule has 3 rings (SSSR count). The van der Waals surface area contributed by atoms with Crippen molar-refractivity contribution in [2.75, 3.05) is 26.1 Å². The van der Waals surface area contributed by atoms with Crippen molar-refractivity contribution in [1.29, 1.82) is 0 Å². The highest BCUT2D eigenvalue weighted by molar-refractivity contribution is 6.74. The fourth-order valence-electron chi connectivity index (χ4n) is 3.55. The lowest BCUT2D eigenvalue weighted by molar-refractivity contribution is -0.119. The van der Waals surface area contributed by atoms with Gasteiger partial charge in [0.2, 0.25) is 5.91 Å². The van der Waals surface area contributed by atoms with Crippen LogP contribution in [0.2, 0.25) is 18.1 Å². The predicted molar refractivity (Wildman–Crippen MR) is 110 cm³/mol. The molecule has 1 N–H and O–H groups in total. The molecule has 0 bridgehead atoms. The maximum Gasteiger partial charge on any atom is 0.260 e. The van der Waals surface area contributed by atoms with Gasteiger partial charge < -0.3 is 24.1 Å². The largest absolute Gasteiger partial charge is 0.493 e. The first-order chi connectivity index (χ1) is 13.0. The third kappa shape index (κ3) is 3.39. The Labute approximate surface area is 167 Å². The number of ether oxygens (including phenoxy) is 2. The van der Waals surface area contributed by atoms with Gasteiger partial charge in [0.05, 0.1) is 26.0 Å². The number of hydrogen-bond donors (Lipinski definition) is 1. The van der Waals surface area contributed by atoms with E-state index in [0.717, 1.165) is 0 Å². The van der Waals surface area contributed by atoms with E-state index in [0.29, 0.717) is 35.7 Å². The Balaban J connectivity index is 1.94. The van der Waals surface area contributed by atoms with Crippen LogP contribution in [-0.4, -0.2) is 57.9 Å². The Morgan fingerprint density at radius 2 is 1.82 bits per heavy atom. The fourth-order valence-corrected chi connectivity index (χ4v) is 4.91. The second-order valence-corrected chi connectivity index (χ2v) is 13.7. The molecule has 2 atom stereocenters.